The maximum atomic E-state index is 12.9. The number of hydrogen-bond donors (Lipinski definition) is 0. The third-order valence-electron chi connectivity index (χ3n) is 6.21. The van der Waals surface area contributed by atoms with E-state index in [0.29, 0.717) is 5.56 Å². The highest BCUT2D eigenvalue weighted by Crippen LogP contribution is 2.39. The minimum absolute atomic E-state index is 0.126. The van der Waals surface area contributed by atoms with Crippen molar-refractivity contribution in [3.05, 3.63) is 47.8 Å². The smallest absolute Gasteiger partial charge is 0.257 e. The summed E-state index contributed by atoms with van der Waals surface area (Å²) in [6.07, 6.45) is 7.06. The van der Waals surface area contributed by atoms with Crippen LogP contribution in [0, 0.1) is 5.41 Å². The predicted molar refractivity (Wildman–Crippen MR) is 108 cm³/mol. The van der Waals surface area contributed by atoms with Crippen molar-refractivity contribution in [2.45, 2.75) is 39.3 Å². The van der Waals surface area contributed by atoms with E-state index in [1.54, 1.807) is 13.3 Å². The molecule has 4 rings (SSSR count). The Morgan fingerprint density at radius 3 is 2.93 bits per heavy atom. The lowest BCUT2D eigenvalue weighted by molar-refractivity contribution is 0.0675. The Balaban J connectivity index is 1.40. The molecule has 6 nitrogen and oxygen atoms in total. The van der Waals surface area contributed by atoms with Crippen molar-refractivity contribution in [3.63, 3.8) is 0 Å². The van der Waals surface area contributed by atoms with E-state index in [1.807, 2.05) is 28.8 Å². The number of aromatic nitrogens is 2. The van der Waals surface area contributed by atoms with Crippen molar-refractivity contribution in [2.75, 3.05) is 33.3 Å². The quantitative estimate of drug-likeness (QED) is 0.798. The number of carbonyl (C=O) groups excluding carboxylic acids is 1. The van der Waals surface area contributed by atoms with Crippen LogP contribution in [0.5, 0.6) is 5.75 Å². The van der Waals surface area contributed by atoms with Crippen molar-refractivity contribution in [1.29, 1.82) is 0 Å². The minimum Gasteiger partial charge on any atom is -0.497 e. The number of benzene rings is 1. The number of ether oxygens (including phenoxy) is 1. The van der Waals surface area contributed by atoms with Crippen LogP contribution in [-0.2, 0) is 13.1 Å². The van der Waals surface area contributed by atoms with Crippen molar-refractivity contribution in [3.8, 4) is 5.75 Å². The molecule has 28 heavy (non-hydrogen) atoms. The Morgan fingerprint density at radius 2 is 2.14 bits per heavy atom. The van der Waals surface area contributed by atoms with Crippen molar-refractivity contribution < 1.29 is 9.53 Å². The van der Waals surface area contributed by atoms with E-state index in [1.165, 1.54) is 18.4 Å². The van der Waals surface area contributed by atoms with Gasteiger partial charge in [-0.05, 0) is 50.4 Å². The van der Waals surface area contributed by atoms with E-state index in [0.717, 1.165) is 51.4 Å². The summed E-state index contributed by atoms with van der Waals surface area (Å²) in [5.74, 6) is 1.04. The zero-order valence-electron chi connectivity index (χ0n) is 16.9. The van der Waals surface area contributed by atoms with Crippen LogP contribution in [0.15, 0.2) is 36.7 Å². The highest BCUT2D eigenvalue weighted by atomic mass is 16.5. The summed E-state index contributed by atoms with van der Waals surface area (Å²) < 4.78 is 7.18. The molecule has 0 saturated carbocycles. The monoisotopic (exact) mass is 382 g/mol. The summed E-state index contributed by atoms with van der Waals surface area (Å²) in [6.45, 7) is 7.65. The average Bonchev–Trinajstić information content (AvgIpc) is 3.35. The SMILES string of the molecule is CCn1cc(C(=O)N2CC[C@]3(CCCN(Cc4cccc(OC)c4)C3)C2)cn1. The van der Waals surface area contributed by atoms with Crippen LogP contribution in [0.4, 0.5) is 0 Å². The van der Waals surface area contributed by atoms with Gasteiger partial charge >= 0.3 is 0 Å². The third-order valence-corrected chi connectivity index (χ3v) is 6.21. The molecule has 6 heteroatoms. The number of amides is 1. The maximum Gasteiger partial charge on any atom is 0.257 e. The summed E-state index contributed by atoms with van der Waals surface area (Å²) >= 11 is 0. The highest BCUT2D eigenvalue weighted by Gasteiger charge is 2.43. The summed E-state index contributed by atoms with van der Waals surface area (Å²) in [5, 5.41) is 4.25. The van der Waals surface area contributed by atoms with Crippen LogP contribution in [0.2, 0.25) is 0 Å². The molecule has 0 radical (unpaired) electrons. The van der Waals surface area contributed by atoms with E-state index in [9.17, 15) is 4.79 Å². The van der Waals surface area contributed by atoms with E-state index in [2.05, 4.69) is 28.2 Å². The standard InChI is InChI=1S/C22H30N4O2/c1-3-26-15-19(13-23-26)21(27)25-11-9-22(17-25)8-5-10-24(16-22)14-18-6-4-7-20(12-18)28-2/h4,6-7,12-13,15H,3,5,8-11,14,16-17H2,1-2H3/t22-/m0/s1. The van der Waals surface area contributed by atoms with Gasteiger partial charge in [0.05, 0.1) is 18.9 Å². The van der Waals surface area contributed by atoms with Gasteiger partial charge in [-0.1, -0.05) is 12.1 Å². The summed E-state index contributed by atoms with van der Waals surface area (Å²) in [7, 11) is 1.71. The first-order valence-electron chi connectivity index (χ1n) is 10.3. The van der Waals surface area contributed by atoms with Gasteiger partial charge in [-0.15, -0.1) is 0 Å². The second-order valence-electron chi connectivity index (χ2n) is 8.23. The Bertz CT molecular complexity index is 833. The molecule has 1 amide bonds. The highest BCUT2D eigenvalue weighted by molar-refractivity contribution is 5.94. The van der Waals surface area contributed by atoms with Crippen molar-refractivity contribution in [2.24, 2.45) is 5.41 Å². The van der Waals surface area contributed by atoms with Gasteiger partial charge in [0.25, 0.3) is 5.91 Å². The molecule has 2 saturated heterocycles. The Hall–Kier alpha value is -2.34. The second-order valence-corrected chi connectivity index (χ2v) is 8.23. The molecule has 150 valence electrons. The van der Waals surface area contributed by atoms with Crippen LogP contribution in [0.1, 0.15) is 42.1 Å². The first-order valence-corrected chi connectivity index (χ1v) is 10.3. The zero-order chi connectivity index (χ0) is 19.6. The molecule has 1 aromatic carbocycles. The molecule has 1 atom stereocenters. The Kier molecular flexibility index (Phi) is 5.40. The summed E-state index contributed by atoms with van der Waals surface area (Å²) in [6, 6.07) is 8.33. The Labute approximate surface area is 167 Å². The number of carbonyl (C=O) groups is 1. The fourth-order valence-electron chi connectivity index (χ4n) is 4.75. The molecule has 0 bridgehead atoms. The van der Waals surface area contributed by atoms with Gasteiger partial charge in [0.2, 0.25) is 0 Å². The molecule has 2 aliphatic rings. The van der Waals surface area contributed by atoms with Gasteiger partial charge in [0, 0.05) is 44.3 Å². The summed E-state index contributed by atoms with van der Waals surface area (Å²) in [5.41, 5.74) is 2.23. The molecule has 2 fully saturated rings. The van der Waals surface area contributed by atoms with Crippen LogP contribution in [0.3, 0.4) is 0 Å². The van der Waals surface area contributed by atoms with Gasteiger partial charge < -0.3 is 9.64 Å². The van der Waals surface area contributed by atoms with Gasteiger partial charge in [-0.3, -0.25) is 14.4 Å². The van der Waals surface area contributed by atoms with Crippen molar-refractivity contribution >= 4 is 5.91 Å². The lowest BCUT2D eigenvalue weighted by Gasteiger charge is -2.40. The molecular weight excluding hydrogens is 352 g/mol. The van der Waals surface area contributed by atoms with Gasteiger partial charge in [-0.25, -0.2) is 0 Å². The van der Waals surface area contributed by atoms with E-state index >= 15 is 0 Å². The molecular formula is C22H30N4O2. The number of likely N-dealkylation sites (tertiary alicyclic amines) is 2. The van der Waals surface area contributed by atoms with Crippen LogP contribution in [-0.4, -0.2) is 58.8 Å². The molecule has 1 aromatic heterocycles. The van der Waals surface area contributed by atoms with E-state index in [4.69, 9.17) is 4.74 Å². The van der Waals surface area contributed by atoms with Crippen LogP contribution < -0.4 is 4.74 Å². The van der Waals surface area contributed by atoms with Crippen LogP contribution in [0.25, 0.3) is 0 Å². The number of methoxy groups -OCH3 is 1. The number of rotatable bonds is 5. The molecule has 2 aromatic rings. The zero-order valence-corrected chi connectivity index (χ0v) is 16.9. The topological polar surface area (TPSA) is 50.6 Å². The molecule has 1 spiro atoms. The van der Waals surface area contributed by atoms with E-state index in [-0.39, 0.29) is 11.3 Å². The number of nitrogens with zero attached hydrogens (tertiary/aromatic N) is 4. The number of hydrogen-bond acceptors (Lipinski definition) is 4. The molecule has 2 aliphatic heterocycles. The number of piperidine rings is 1. The van der Waals surface area contributed by atoms with Gasteiger partial charge in [-0.2, -0.15) is 5.10 Å². The van der Waals surface area contributed by atoms with Crippen LogP contribution >= 0.6 is 0 Å². The lowest BCUT2D eigenvalue weighted by atomic mass is 9.79. The fraction of sp³-hybridized carbons (Fsp3) is 0.545. The third kappa shape index (κ3) is 3.92. The van der Waals surface area contributed by atoms with Gasteiger partial charge in [0.1, 0.15) is 5.75 Å². The van der Waals surface area contributed by atoms with Crippen molar-refractivity contribution in [1.82, 2.24) is 19.6 Å². The number of aryl methyl sites for hydroxylation is 1. The molecule has 0 aliphatic carbocycles. The molecule has 0 unspecified atom stereocenters. The molecule has 0 N–H and O–H groups in total. The normalized spacial score (nSPS) is 22.7. The largest absolute Gasteiger partial charge is 0.497 e. The molecule has 3 heterocycles. The van der Waals surface area contributed by atoms with Gasteiger partial charge in [0.15, 0.2) is 0 Å². The first-order chi connectivity index (χ1) is 13.6. The predicted octanol–water partition coefficient (Wildman–Crippen LogP) is 3.04. The first kappa shape index (κ1) is 19.0. The van der Waals surface area contributed by atoms with E-state index < -0.39 is 0 Å². The Morgan fingerprint density at radius 1 is 1.25 bits per heavy atom. The second kappa shape index (κ2) is 7.95. The average molecular weight is 383 g/mol. The summed E-state index contributed by atoms with van der Waals surface area (Å²) in [4.78, 5) is 17.5. The minimum atomic E-state index is 0.126. The fourth-order valence-corrected chi connectivity index (χ4v) is 4.75. The maximum absolute atomic E-state index is 12.9. The lowest BCUT2D eigenvalue weighted by Crippen LogP contribution is -2.45.